The van der Waals surface area contributed by atoms with E-state index in [2.05, 4.69) is 35.8 Å². The highest BCUT2D eigenvalue weighted by Crippen LogP contribution is 2.27. The van der Waals surface area contributed by atoms with Crippen LogP contribution in [0, 0.1) is 0 Å². The summed E-state index contributed by atoms with van der Waals surface area (Å²) in [5.74, 6) is 0. The third-order valence-corrected chi connectivity index (χ3v) is 3.83. The number of benzene rings is 1. The van der Waals surface area contributed by atoms with Gasteiger partial charge in [-0.3, -0.25) is 4.72 Å². The molecule has 0 aliphatic carbocycles. The molecule has 0 radical (unpaired) electrons. The SMILES string of the molecule is CC(C)(C)Nc1nc(-c2ccc(NS(C)(=O)=O)cc2)cs1. The van der Waals surface area contributed by atoms with Crippen LogP contribution in [0.15, 0.2) is 29.6 Å². The summed E-state index contributed by atoms with van der Waals surface area (Å²) >= 11 is 1.55. The first-order chi connectivity index (χ1) is 9.62. The highest BCUT2D eigenvalue weighted by molar-refractivity contribution is 7.92. The van der Waals surface area contributed by atoms with Gasteiger partial charge in [0.15, 0.2) is 5.13 Å². The van der Waals surface area contributed by atoms with Gasteiger partial charge in [0.1, 0.15) is 0 Å². The molecular formula is C14H19N3O2S2. The molecule has 5 nitrogen and oxygen atoms in total. The third-order valence-electron chi connectivity index (χ3n) is 2.47. The van der Waals surface area contributed by atoms with Crippen LogP contribution >= 0.6 is 11.3 Å². The fourth-order valence-electron chi connectivity index (χ4n) is 1.71. The molecule has 0 fully saturated rings. The van der Waals surface area contributed by atoms with Crippen molar-refractivity contribution in [3.8, 4) is 11.3 Å². The number of aromatic nitrogens is 1. The van der Waals surface area contributed by atoms with Gasteiger partial charge in [0.2, 0.25) is 10.0 Å². The zero-order chi connectivity index (χ0) is 15.7. The van der Waals surface area contributed by atoms with E-state index in [1.165, 1.54) is 0 Å². The molecule has 0 spiro atoms. The number of nitrogens with zero attached hydrogens (tertiary/aromatic N) is 1. The Morgan fingerprint density at radius 1 is 1.14 bits per heavy atom. The summed E-state index contributed by atoms with van der Waals surface area (Å²) in [6.45, 7) is 6.25. The van der Waals surface area contributed by atoms with E-state index in [1.807, 2.05) is 17.5 Å². The van der Waals surface area contributed by atoms with E-state index >= 15 is 0 Å². The van der Waals surface area contributed by atoms with Crippen molar-refractivity contribution in [2.24, 2.45) is 0 Å². The van der Waals surface area contributed by atoms with Crippen LogP contribution in [0.4, 0.5) is 10.8 Å². The van der Waals surface area contributed by atoms with Crippen molar-refractivity contribution >= 4 is 32.2 Å². The molecule has 1 heterocycles. The first-order valence-corrected chi connectivity index (χ1v) is 9.21. The van der Waals surface area contributed by atoms with Gasteiger partial charge in [0.05, 0.1) is 11.9 Å². The maximum atomic E-state index is 11.2. The Labute approximate surface area is 129 Å². The van der Waals surface area contributed by atoms with Gasteiger partial charge in [-0.2, -0.15) is 0 Å². The van der Waals surface area contributed by atoms with Gasteiger partial charge >= 0.3 is 0 Å². The van der Waals surface area contributed by atoms with E-state index in [9.17, 15) is 8.42 Å². The van der Waals surface area contributed by atoms with Crippen molar-refractivity contribution in [2.75, 3.05) is 16.3 Å². The molecule has 0 bridgehead atoms. The molecule has 2 rings (SSSR count). The van der Waals surface area contributed by atoms with Crippen LogP contribution in [0.1, 0.15) is 20.8 Å². The summed E-state index contributed by atoms with van der Waals surface area (Å²) in [4.78, 5) is 4.54. The number of anilines is 2. The smallest absolute Gasteiger partial charge is 0.229 e. The fourth-order valence-corrected chi connectivity index (χ4v) is 3.20. The van der Waals surface area contributed by atoms with Crippen LogP contribution in [-0.2, 0) is 10.0 Å². The second-order valence-electron chi connectivity index (χ2n) is 5.86. The van der Waals surface area contributed by atoms with Gasteiger partial charge in [0, 0.05) is 22.2 Å². The van der Waals surface area contributed by atoms with Crippen LogP contribution in [0.3, 0.4) is 0 Å². The monoisotopic (exact) mass is 325 g/mol. The minimum atomic E-state index is -3.24. The lowest BCUT2D eigenvalue weighted by molar-refractivity contribution is 0.607. The quantitative estimate of drug-likeness (QED) is 0.904. The summed E-state index contributed by atoms with van der Waals surface area (Å²) < 4.78 is 24.8. The van der Waals surface area contributed by atoms with Crippen molar-refractivity contribution in [1.82, 2.24) is 4.98 Å². The standard InChI is InChI=1S/C14H19N3O2S2/c1-14(2,3)16-13-15-12(9-20-13)10-5-7-11(8-6-10)17-21(4,18)19/h5-9,17H,1-4H3,(H,15,16). The molecule has 0 atom stereocenters. The predicted octanol–water partition coefficient (Wildman–Crippen LogP) is 3.39. The molecule has 1 aromatic carbocycles. The molecule has 0 saturated heterocycles. The van der Waals surface area contributed by atoms with Gasteiger partial charge in [-0.25, -0.2) is 13.4 Å². The molecule has 114 valence electrons. The maximum absolute atomic E-state index is 11.2. The summed E-state index contributed by atoms with van der Waals surface area (Å²) in [5, 5.41) is 6.18. The van der Waals surface area contributed by atoms with Gasteiger partial charge in [-0.15, -0.1) is 11.3 Å². The summed E-state index contributed by atoms with van der Waals surface area (Å²) in [7, 11) is -3.24. The summed E-state index contributed by atoms with van der Waals surface area (Å²) in [6, 6.07) is 7.16. The molecule has 0 unspecified atom stereocenters. The molecule has 0 aliphatic rings. The van der Waals surface area contributed by atoms with Crippen LogP contribution in [0.5, 0.6) is 0 Å². The third kappa shape index (κ3) is 5.02. The predicted molar refractivity (Wildman–Crippen MR) is 89.4 cm³/mol. The molecule has 2 N–H and O–H groups in total. The molecule has 0 aliphatic heterocycles. The Kier molecular flexibility index (Phi) is 4.25. The van der Waals surface area contributed by atoms with E-state index in [1.54, 1.807) is 23.5 Å². The Balaban J connectivity index is 2.16. The number of thiazole rings is 1. The summed E-state index contributed by atoms with van der Waals surface area (Å²) in [5.41, 5.74) is 2.34. The van der Waals surface area contributed by atoms with Gasteiger partial charge in [-0.1, -0.05) is 12.1 Å². The van der Waals surface area contributed by atoms with E-state index in [-0.39, 0.29) is 5.54 Å². The van der Waals surface area contributed by atoms with Crippen LogP contribution < -0.4 is 10.0 Å². The lowest BCUT2D eigenvalue weighted by Crippen LogP contribution is -2.25. The lowest BCUT2D eigenvalue weighted by Gasteiger charge is -2.19. The van der Waals surface area contributed by atoms with E-state index in [4.69, 9.17) is 0 Å². The topological polar surface area (TPSA) is 71.1 Å². The average molecular weight is 325 g/mol. The number of hydrogen-bond donors (Lipinski definition) is 2. The maximum Gasteiger partial charge on any atom is 0.229 e. The minimum Gasteiger partial charge on any atom is -0.357 e. The average Bonchev–Trinajstić information content (AvgIpc) is 2.74. The number of sulfonamides is 1. The van der Waals surface area contributed by atoms with Gasteiger partial charge < -0.3 is 5.32 Å². The Hall–Kier alpha value is -1.60. The second kappa shape index (κ2) is 5.65. The molecule has 21 heavy (non-hydrogen) atoms. The fraction of sp³-hybridized carbons (Fsp3) is 0.357. The first kappa shape index (κ1) is 15.8. The Morgan fingerprint density at radius 2 is 1.76 bits per heavy atom. The molecule has 0 amide bonds. The lowest BCUT2D eigenvalue weighted by atomic mass is 10.1. The Bertz CT molecular complexity index is 713. The molecule has 1 aromatic heterocycles. The molecule has 7 heteroatoms. The highest BCUT2D eigenvalue weighted by atomic mass is 32.2. The zero-order valence-corrected chi connectivity index (χ0v) is 14.1. The second-order valence-corrected chi connectivity index (χ2v) is 8.47. The largest absolute Gasteiger partial charge is 0.357 e. The normalized spacial score (nSPS) is 12.2. The van der Waals surface area contributed by atoms with Crippen LogP contribution in [0.2, 0.25) is 0 Å². The number of rotatable bonds is 4. The van der Waals surface area contributed by atoms with Crippen molar-refractivity contribution < 1.29 is 8.42 Å². The molecule has 0 saturated carbocycles. The molecule has 2 aromatic rings. The van der Waals surface area contributed by atoms with E-state index in [0.29, 0.717) is 5.69 Å². The summed E-state index contributed by atoms with van der Waals surface area (Å²) in [6.07, 6.45) is 1.13. The number of nitrogens with one attached hydrogen (secondary N) is 2. The van der Waals surface area contributed by atoms with E-state index in [0.717, 1.165) is 22.6 Å². The van der Waals surface area contributed by atoms with Crippen molar-refractivity contribution in [3.05, 3.63) is 29.6 Å². The van der Waals surface area contributed by atoms with Crippen molar-refractivity contribution in [2.45, 2.75) is 26.3 Å². The first-order valence-electron chi connectivity index (χ1n) is 6.44. The zero-order valence-electron chi connectivity index (χ0n) is 12.5. The van der Waals surface area contributed by atoms with Crippen LogP contribution in [-0.4, -0.2) is 25.2 Å². The Morgan fingerprint density at radius 3 is 2.29 bits per heavy atom. The van der Waals surface area contributed by atoms with Crippen LogP contribution in [0.25, 0.3) is 11.3 Å². The number of hydrogen-bond acceptors (Lipinski definition) is 5. The molecular weight excluding hydrogens is 306 g/mol. The minimum absolute atomic E-state index is 0.0294. The van der Waals surface area contributed by atoms with Gasteiger partial charge in [0.25, 0.3) is 0 Å². The highest BCUT2D eigenvalue weighted by Gasteiger charge is 2.12. The van der Waals surface area contributed by atoms with Crippen molar-refractivity contribution in [1.29, 1.82) is 0 Å². The van der Waals surface area contributed by atoms with Gasteiger partial charge in [-0.05, 0) is 32.9 Å². The van der Waals surface area contributed by atoms with Crippen molar-refractivity contribution in [3.63, 3.8) is 0 Å². The van der Waals surface area contributed by atoms with E-state index < -0.39 is 10.0 Å².